The predicted octanol–water partition coefficient (Wildman–Crippen LogP) is 5.64. The van der Waals surface area contributed by atoms with Crippen LogP contribution in [0.15, 0.2) is 24.3 Å². The van der Waals surface area contributed by atoms with Crippen molar-refractivity contribution in [3.8, 4) is 0 Å². The molecule has 6 atom stereocenters. The minimum absolute atomic E-state index is 0.140. The van der Waals surface area contributed by atoms with Gasteiger partial charge in [-0.1, -0.05) is 70.3 Å². The molecule has 2 nitrogen and oxygen atoms in total. The number of hydrogen-bond donors (Lipinski definition) is 2. The Morgan fingerprint density at radius 1 is 1.12 bits per heavy atom. The van der Waals surface area contributed by atoms with E-state index in [4.69, 9.17) is 0 Å². The Kier molecular flexibility index (Phi) is 9.26. The van der Waals surface area contributed by atoms with E-state index in [1.807, 2.05) is 6.08 Å². The standard InChI is InChI=1S/C23H40O2/c1-3-18(2)10-6-4-9-13-21-19(15-17-23(21)25)14-16-22(24)20-11-7-5-8-12-20/h5,7,14,16,18-25H,3-4,6,8-13,15,17H2,1-2H3/t18?,19-,20?,21+,22?,23-/m0/s1. The van der Waals surface area contributed by atoms with Gasteiger partial charge in [0.15, 0.2) is 0 Å². The fourth-order valence-electron chi connectivity index (χ4n) is 4.52. The molecule has 2 rings (SSSR count). The molecule has 0 aromatic heterocycles. The summed E-state index contributed by atoms with van der Waals surface area (Å²) in [5, 5.41) is 20.8. The molecule has 0 aromatic carbocycles. The first kappa shape index (κ1) is 20.7. The molecular formula is C23H40O2. The number of allylic oxidation sites excluding steroid dienone is 3. The van der Waals surface area contributed by atoms with Crippen LogP contribution in [0, 0.1) is 23.7 Å². The van der Waals surface area contributed by atoms with Crippen LogP contribution in [0.3, 0.4) is 0 Å². The Morgan fingerprint density at radius 3 is 2.68 bits per heavy atom. The molecule has 0 bridgehead atoms. The number of rotatable bonds is 10. The van der Waals surface area contributed by atoms with Gasteiger partial charge in [-0.15, -0.1) is 0 Å². The Morgan fingerprint density at radius 2 is 1.96 bits per heavy atom. The molecule has 0 heterocycles. The normalized spacial score (nSPS) is 32.3. The van der Waals surface area contributed by atoms with Crippen LogP contribution < -0.4 is 0 Å². The topological polar surface area (TPSA) is 40.5 Å². The predicted molar refractivity (Wildman–Crippen MR) is 106 cm³/mol. The van der Waals surface area contributed by atoms with Crippen LogP contribution in [-0.4, -0.2) is 22.4 Å². The van der Waals surface area contributed by atoms with Gasteiger partial charge in [-0.25, -0.2) is 0 Å². The lowest BCUT2D eigenvalue weighted by Crippen LogP contribution is -2.21. The Bertz CT molecular complexity index is 414. The van der Waals surface area contributed by atoms with Gasteiger partial charge in [0.2, 0.25) is 0 Å². The van der Waals surface area contributed by atoms with Gasteiger partial charge in [0.1, 0.15) is 0 Å². The van der Waals surface area contributed by atoms with Crippen molar-refractivity contribution in [3.05, 3.63) is 24.3 Å². The quantitative estimate of drug-likeness (QED) is 0.396. The molecule has 0 saturated heterocycles. The number of unbranched alkanes of at least 4 members (excludes halogenated alkanes) is 2. The Labute approximate surface area is 155 Å². The molecule has 144 valence electrons. The molecular weight excluding hydrogens is 308 g/mol. The highest BCUT2D eigenvalue weighted by Crippen LogP contribution is 2.37. The lowest BCUT2D eigenvalue weighted by atomic mass is 9.86. The summed E-state index contributed by atoms with van der Waals surface area (Å²) in [4.78, 5) is 0. The van der Waals surface area contributed by atoms with E-state index < -0.39 is 0 Å². The summed E-state index contributed by atoms with van der Waals surface area (Å²) in [6.45, 7) is 4.61. The molecule has 2 aliphatic rings. The van der Waals surface area contributed by atoms with Gasteiger partial charge < -0.3 is 10.2 Å². The maximum atomic E-state index is 10.4. The smallest absolute Gasteiger partial charge is 0.0752 e. The zero-order valence-electron chi connectivity index (χ0n) is 16.4. The van der Waals surface area contributed by atoms with Crippen molar-refractivity contribution in [1.29, 1.82) is 0 Å². The van der Waals surface area contributed by atoms with E-state index in [0.29, 0.717) is 17.8 Å². The zero-order valence-corrected chi connectivity index (χ0v) is 16.4. The van der Waals surface area contributed by atoms with Crippen LogP contribution >= 0.6 is 0 Å². The molecule has 0 aliphatic heterocycles. The molecule has 0 amide bonds. The second kappa shape index (κ2) is 11.2. The first-order valence-electron chi connectivity index (χ1n) is 10.8. The first-order valence-corrected chi connectivity index (χ1v) is 10.8. The van der Waals surface area contributed by atoms with Crippen LogP contribution in [0.1, 0.15) is 84.5 Å². The van der Waals surface area contributed by atoms with Crippen molar-refractivity contribution < 1.29 is 10.2 Å². The summed E-state index contributed by atoms with van der Waals surface area (Å²) in [7, 11) is 0. The summed E-state index contributed by atoms with van der Waals surface area (Å²) in [5.74, 6) is 2.09. The molecule has 25 heavy (non-hydrogen) atoms. The van der Waals surface area contributed by atoms with Gasteiger partial charge in [-0.3, -0.25) is 0 Å². The summed E-state index contributed by atoms with van der Waals surface area (Å²) >= 11 is 0. The van der Waals surface area contributed by atoms with Crippen molar-refractivity contribution >= 4 is 0 Å². The minimum Gasteiger partial charge on any atom is -0.393 e. The number of hydrogen-bond acceptors (Lipinski definition) is 2. The fraction of sp³-hybridized carbons (Fsp3) is 0.826. The maximum Gasteiger partial charge on any atom is 0.0752 e. The highest BCUT2D eigenvalue weighted by Gasteiger charge is 2.33. The second-order valence-electron chi connectivity index (χ2n) is 8.54. The molecule has 2 N–H and O–H groups in total. The molecule has 1 fully saturated rings. The number of aliphatic hydroxyl groups is 2. The van der Waals surface area contributed by atoms with Gasteiger partial charge >= 0.3 is 0 Å². The third kappa shape index (κ3) is 6.90. The van der Waals surface area contributed by atoms with Crippen molar-refractivity contribution in [3.63, 3.8) is 0 Å². The molecule has 2 aliphatic carbocycles. The zero-order chi connectivity index (χ0) is 18.1. The molecule has 3 unspecified atom stereocenters. The van der Waals surface area contributed by atoms with Gasteiger partial charge in [0.25, 0.3) is 0 Å². The van der Waals surface area contributed by atoms with Crippen molar-refractivity contribution in [2.24, 2.45) is 23.7 Å². The van der Waals surface area contributed by atoms with Crippen molar-refractivity contribution in [2.45, 2.75) is 96.7 Å². The van der Waals surface area contributed by atoms with Gasteiger partial charge in [0.05, 0.1) is 12.2 Å². The summed E-state index contributed by atoms with van der Waals surface area (Å²) in [6.07, 6.45) is 21.0. The maximum absolute atomic E-state index is 10.4. The van der Waals surface area contributed by atoms with Crippen LogP contribution in [0.25, 0.3) is 0 Å². The lowest BCUT2D eigenvalue weighted by Gasteiger charge is -2.23. The van der Waals surface area contributed by atoms with Crippen molar-refractivity contribution in [2.75, 3.05) is 0 Å². The summed E-state index contributed by atoms with van der Waals surface area (Å²) < 4.78 is 0. The van der Waals surface area contributed by atoms with Gasteiger partial charge in [-0.2, -0.15) is 0 Å². The minimum atomic E-state index is -0.320. The highest BCUT2D eigenvalue weighted by molar-refractivity contribution is 5.03. The van der Waals surface area contributed by atoms with E-state index in [-0.39, 0.29) is 12.2 Å². The Balaban J connectivity index is 1.73. The number of aliphatic hydroxyl groups excluding tert-OH is 2. The van der Waals surface area contributed by atoms with E-state index in [9.17, 15) is 10.2 Å². The van der Waals surface area contributed by atoms with Crippen LogP contribution in [-0.2, 0) is 0 Å². The van der Waals surface area contributed by atoms with Gasteiger partial charge in [-0.05, 0) is 62.2 Å². The third-order valence-electron chi connectivity index (χ3n) is 6.62. The lowest BCUT2D eigenvalue weighted by molar-refractivity contribution is 0.116. The summed E-state index contributed by atoms with van der Waals surface area (Å²) in [5.41, 5.74) is 0. The van der Waals surface area contributed by atoms with Gasteiger partial charge in [0, 0.05) is 0 Å². The molecule has 1 saturated carbocycles. The highest BCUT2D eigenvalue weighted by atomic mass is 16.3. The van der Waals surface area contributed by atoms with Crippen LogP contribution in [0.5, 0.6) is 0 Å². The van der Waals surface area contributed by atoms with E-state index in [1.165, 1.54) is 32.1 Å². The first-order chi connectivity index (χ1) is 12.1. The van der Waals surface area contributed by atoms with Crippen LogP contribution in [0.2, 0.25) is 0 Å². The SMILES string of the molecule is CCC(C)CCCCC[C@H]1[C@@H](O)CC[C@@H]1C=CC(O)C1CC=CCC1. The van der Waals surface area contributed by atoms with E-state index >= 15 is 0 Å². The largest absolute Gasteiger partial charge is 0.393 e. The molecule has 0 spiro atoms. The van der Waals surface area contributed by atoms with E-state index in [1.54, 1.807) is 0 Å². The van der Waals surface area contributed by atoms with Crippen molar-refractivity contribution in [1.82, 2.24) is 0 Å². The third-order valence-corrected chi connectivity index (χ3v) is 6.62. The fourth-order valence-corrected chi connectivity index (χ4v) is 4.52. The van der Waals surface area contributed by atoms with Crippen LogP contribution in [0.4, 0.5) is 0 Å². The molecule has 0 radical (unpaired) electrons. The molecule has 0 aromatic rings. The second-order valence-corrected chi connectivity index (χ2v) is 8.54. The average Bonchev–Trinajstić information content (AvgIpc) is 2.99. The van der Waals surface area contributed by atoms with E-state index in [0.717, 1.165) is 44.4 Å². The van der Waals surface area contributed by atoms with E-state index in [2.05, 4.69) is 32.1 Å². The Hall–Kier alpha value is -0.600. The monoisotopic (exact) mass is 348 g/mol. The average molecular weight is 349 g/mol. The molecule has 2 heteroatoms. The summed E-state index contributed by atoms with van der Waals surface area (Å²) in [6, 6.07) is 0.